The van der Waals surface area contributed by atoms with Crippen molar-refractivity contribution in [2.75, 3.05) is 7.11 Å². The Morgan fingerprint density at radius 2 is 2.11 bits per heavy atom. The van der Waals surface area contributed by atoms with E-state index in [1.807, 2.05) is 0 Å². The van der Waals surface area contributed by atoms with Gasteiger partial charge in [-0.3, -0.25) is 0 Å². The molecule has 3 heteroatoms. The van der Waals surface area contributed by atoms with Crippen LogP contribution >= 0.6 is 0 Å². The molecule has 1 heterocycles. The van der Waals surface area contributed by atoms with Crippen LogP contribution in [0.3, 0.4) is 0 Å². The largest absolute Gasteiger partial charge is 0.495 e. The summed E-state index contributed by atoms with van der Waals surface area (Å²) in [6.45, 7) is 3.05. The summed E-state index contributed by atoms with van der Waals surface area (Å²) in [6.07, 6.45) is 2.65. The van der Waals surface area contributed by atoms with Gasteiger partial charge in [0.15, 0.2) is 0 Å². The Labute approximate surface area is 108 Å². The maximum atomic E-state index is 5.50. The molecular formula is C15H20N2O. The van der Waals surface area contributed by atoms with Gasteiger partial charge in [0.2, 0.25) is 0 Å². The third-order valence-electron chi connectivity index (χ3n) is 3.71. The number of rotatable bonds is 4. The minimum atomic E-state index is 0.742. The number of ether oxygens (including phenoxy) is 1. The van der Waals surface area contributed by atoms with E-state index in [0.29, 0.717) is 0 Å². The molecular weight excluding hydrogens is 224 g/mol. The summed E-state index contributed by atoms with van der Waals surface area (Å²) in [5.41, 5.74) is 3.75. The first-order chi connectivity index (χ1) is 8.69. The molecule has 0 aliphatic heterocycles. The lowest BCUT2D eigenvalue weighted by molar-refractivity contribution is 0.417. The molecule has 1 aromatic heterocycles. The molecule has 0 radical (unpaired) electrons. The molecule has 1 saturated carbocycles. The smallest absolute Gasteiger partial charge is 0.143 e. The maximum absolute atomic E-state index is 5.50. The van der Waals surface area contributed by atoms with Crippen LogP contribution in [0.2, 0.25) is 0 Å². The molecule has 1 aliphatic rings. The molecule has 0 amide bonds. The van der Waals surface area contributed by atoms with Crippen LogP contribution in [-0.4, -0.2) is 17.7 Å². The first kappa shape index (κ1) is 11.6. The van der Waals surface area contributed by atoms with Crippen LogP contribution in [-0.2, 0) is 13.6 Å². The standard InChI is InChI=1S/C15H20N2O/c1-10-6-11-8-13(9-16-12-4-5-12)17(2)15(11)14(7-10)18-3/h6-8,12,16H,4-5,9H2,1-3H3. The quantitative estimate of drug-likeness (QED) is 0.895. The Hall–Kier alpha value is -1.48. The molecule has 2 aromatic rings. The average Bonchev–Trinajstić information content (AvgIpc) is 3.12. The highest BCUT2D eigenvalue weighted by atomic mass is 16.5. The number of methoxy groups -OCH3 is 1. The van der Waals surface area contributed by atoms with Gasteiger partial charge in [-0.2, -0.15) is 0 Å². The number of aromatic nitrogens is 1. The van der Waals surface area contributed by atoms with Crippen molar-refractivity contribution < 1.29 is 4.74 Å². The van der Waals surface area contributed by atoms with Gasteiger partial charge in [0.05, 0.1) is 12.6 Å². The first-order valence-electron chi connectivity index (χ1n) is 6.55. The Kier molecular flexibility index (Phi) is 2.78. The van der Waals surface area contributed by atoms with Crippen LogP contribution < -0.4 is 10.1 Å². The second-order valence-corrected chi connectivity index (χ2v) is 5.25. The van der Waals surface area contributed by atoms with Crippen molar-refractivity contribution in [2.24, 2.45) is 7.05 Å². The molecule has 1 aromatic carbocycles. The zero-order valence-electron chi connectivity index (χ0n) is 11.3. The average molecular weight is 244 g/mol. The summed E-state index contributed by atoms with van der Waals surface area (Å²) in [6, 6.07) is 7.32. The van der Waals surface area contributed by atoms with Crippen LogP contribution in [0.1, 0.15) is 24.1 Å². The van der Waals surface area contributed by atoms with Gasteiger partial charge in [-0.15, -0.1) is 0 Å². The molecule has 0 atom stereocenters. The monoisotopic (exact) mass is 244 g/mol. The van der Waals surface area contributed by atoms with Crippen molar-refractivity contribution in [2.45, 2.75) is 32.4 Å². The number of aryl methyl sites for hydroxylation is 2. The fraction of sp³-hybridized carbons (Fsp3) is 0.467. The van der Waals surface area contributed by atoms with Gasteiger partial charge in [0.1, 0.15) is 5.75 Å². The summed E-state index contributed by atoms with van der Waals surface area (Å²) >= 11 is 0. The minimum Gasteiger partial charge on any atom is -0.495 e. The third-order valence-corrected chi connectivity index (χ3v) is 3.71. The highest BCUT2D eigenvalue weighted by Crippen LogP contribution is 2.30. The first-order valence-corrected chi connectivity index (χ1v) is 6.55. The molecule has 0 saturated heterocycles. The molecule has 1 aliphatic carbocycles. The van der Waals surface area contributed by atoms with Crippen LogP contribution in [0, 0.1) is 6.92 Å². The second kappa shape index (κ2) is 4.32. The van der Waals surface area contributed by atoms with Gasteiger partial charge < -0.3 is 14.6 Å². The van der Waals surface area contributed by atoms with Gasteiger partial charge in [0.25, 0.3) is 0 Å². The lowest BCUT2D eigenvalue weighted by atomic mass is 10.1. The summed E-state index contributed by atoms with van der Waals surface area (Å²) in [5.74, 6) is 0.963. The highest BCUT2D eigenvalue weighted by Gasteiger charge is 2.21. The molecule has 0 unspecified atom stereocenters. The van der Waals surface area contributed by atoms with Gasteiger partial charge >= 0.3 is 0 Å². The highest BCUT2D eigenvalue weighted by molar-refractivity contribution is 5.87. The van der Waals surface area contributed by atoms with Crippen molar-refractivity contribution in [1.29, 1.82) is 0 Å². The van der Waals surface area contributed by atoms with E-state index < -0.39 is 0 Å². The Morgan fingerprint density at radius 3 is 2.78 bits per heavy atom. The maximum Gasteiger partial charge on any atom is 0.143 e. The molecule has 1 fully saturated rings. The molecule has 0 spiro atoms. The number of benzene rings is 1. The van der Waals surface area contributed by atoms with Crippen molar-refractivity contribution in [3.8, 4) is 5.75 Å². The van der Waals surface area contributed by atoms with E-state index in [0.717, 1.165) is 18.3 Å². The molecule has 1 N–H and O–H groups in total. The summed E-state index contributed by atoms with van der Waals surface area (Å²) in [4.78, 5) is 0. The van der Waals surface area contributed by atoms with Crippen molar-refractivity contribution in [1.82, 2.24) is 9.88 Å². The Morgan fingerprint density at radius 1 is 1.33 bits per heavy atom. The number of hydrogen-bond acceptors (Lipinski definition) is 2. The van der Waals surface area contributed by atoms with Crippen molar-refractivity contribution in [3.63, 3.8) is 0 Å². The van der Waals surface area contributed by atoms with E-state index in [9.17, 15) is 0 Å². The molecule has 3 rings (SSSR count). The third kappa shape index (κ3) is 1.99. The molecule has 18 heavy (non-hydrogen) atoms. The zero-order chi connectivity index (χ0) is 12.7. The van der Waals surface area contributed by atoms with E-state index in [-0.39, 0.29) is 0 Å². The summed E-state index contributed by atoms with van der Waals surface area (Å²) < 4.78 is 7.74. The summed E-state index contributed by atoms with van der Waals surface area (Å²) in [7, 11) is 3.85. The Bertz CT molecular complexity index is 582. The fourth-order valence-electron chi connectivity index (χ4n) is 2.52. The van der Waals surface area contributed by atoms with Crippen LogP contribution in [0.4, 0.5) is 0 Å². The molecule has 3 nitrogen and oxygen atoms in total. The van der Waals surface area contributed by atoms with Gasteiger partial charge in [-0.1, -0.05) is 0 Å². The Balaban J connectivity index is 2.02. The van der Waals surface area contributed by atoms with E-state index >= 15 is 0 Å². The van der Waals surface area contributed by atoms with E-state index in [2.05, 4.69) is 42.1 Å². The second-order valence-electron chi connectivity index (χ2n) is 5.25. The number of nitrogens with one attached hydrogen (secondary N) is 1. The predicted octanol–water partition coefficient (Wildman–Crippen LogP) is 2.75. The van der Waals surface area contributed by atoms with E-state index in [4.69, 9.17) is 4.74 Å². The van der Waals surface area contributed by atoms with Crippen LogP contribution in [0.5, 0.6) is 5.75 Å². The fourth-order valence-corrected chi connectivity index (χ4v) is 2.52. The normalized spacial score (nSPS) is 15.3. The minimum absolute atomic E-state index is 0.742. The van der Waals surface area contributed by atoms with Crippen LogP contribution in [0.25, 0.3) is 10.9 Å². The van der Waals surface area contributed by atoms with Crippen molar-refractivity contribution in [3.05, 3.63) is 29.5 Å². The van der Waals surface area contributed by atoms with E-state index in [1.54, 1.807) is 7.11 Å². The SMILES string of the molecule is COc1cc(C)cc2cc(CNC3CC3)n(C)c12. The van der Waals surface area contributed by atoms with Crippen molar-refractivity contribution >= 4 is 10.9 Å². The molecule has 0 bridgehead atoms. The summed E-state index contributed by atoms with van der Waals surface area (Å²) in [5, 5.41) is 4.83. The lowest BCUT2D eigenvalue weighted by Crippen LogP contribution is -2.17. The molecule has 96 valence electrons. The topological polar surface area (TPSA) is 26.2 Å². The van der Waals surface area contributed by atoms with Crippen LogP contribution in [0.15, 0.2) is 18.2 Å². The zero-order valence-corrected chi connectivity index (χ0v) is 11.3. The number of hydrogen-bond donors (Lipinski definition) is 1. The lowest BCUT2D eigenvalue weighted by Gasteiger charge is -2.08. The van der Waals surface area contributed by atoms with Gasteiger partial charge in [-0.25, -0.2) is 0 Å². The van der Waals surface area contributed by atoms with Gasteiger partial charge in [0, 0.05) is 30.7 Å². The predicted molar refractivity (Wildman–Crippen MR) is 74.1 cm³/mol. The number of nitrogens with zero attached hydrogens (tertiary/aromatic N) is 1. The number of fused-ring (bicyclic) bond motifs is 1. The van der Waals surface area contributed by atoms with Gasteiger partial charge in [-0.05, 0) is 43.5 Å². The van der Waals surface area contributed by atoms with E-state index in [1.165, 1.54) is 35.0 Å².